The first kappa shape index (κ1) is 18.2. The number of hydrogen-bond acceptors (Lipinski definition) is 2. The van der Waals surface area contributed by atoms with Gasteiger partial charge in [-0.1, -0.05) is 53.9 Å². The highest BCUT2D eigenvalue weighted by Crippen LogP contribution is 2.35. The summed E-state index contributed by atoms with van der Waals surface area (Å²) in [5.41, 5.74) is 4.63. The lowest BCUT2D eigenvalue weighted by Crippen LogP contribution is -2.56. The molecule has 0 aliphatic carbocycles. The highest BCUT2D eigenvalue weighted by molar-refractivity contribution is 5.94. The maximum absolute atomic E-state index is 12.7. The summed E-state index contributed by atoms with van der Waals surface area (Å²) in [5, 5.41) is 3.32. The zero-order valence-corrected chi connectivity index (χ0v) is 16.4. The Balaban J connectivity index is 1.41. The quantitative estimate of drug-likeness (QED) is 0.861. The summed E-state index contributed by atoms with van der Waals surface area (Å²) < 4.78 is 0. The lowest BCUT2D eigenvalue weighted by Gasteiger charge is -2.49. The van der Waals surface area contributed by atoms with Gasteiger partial charge in [0.25, 0.3) is 5.91 Å². The molecule has 2 saturated heterocycles. The number of amides is 1. The minimum atomic E-state index is 0.0776. The minimum absolute atomic E-state index is 0.0776. The maximum atomic E-state index is 12.7. The molecule has 1 unspecified atom stereocenters. The van der Waals surface area contributed by atoms with Crippen molar-refractivity contribution in [2.45, 2.75) is 70.6 Å². The van der Waals surface area contributed by atoms with E-state index in [4.69, 9.17) is 0 Å². The van der Waals surface area contributed by atoms with Gasteiger partial charge in [0.1, 0.15) is 0 Å². The molecule has 4 rings (SSSR count). The molecule has 0 radical (unpaired) electrons. The zero-order chi connectivity index (χ0) is 18.8. The van der Waals surface area contributed by atoms with Crippen LogP contribution in [0, 0.1) is 13.8 Å². The van der Waals surface area contributed by atoms with Crippen LogP contribution in [0.2, 0.25) is 0 Å². The van der Waals surface area contributed by atoms with Gasteiger partial charge in [-0.25, -0.2) is 0 Å². The number of carbonyl (C=O) groups is 1. The van der Waals surface area contributed by atoms with Crippen LogP contribution in [-0.4, -0.2) is 28.9 Å². The molecular weight excluding hydrogens is 332 g/mol. The van der Waals surface area contributed by atoms with Crippen molar-refractivity contribution in [3.05, 3.63) is 70.8 Å². The van der Waals surface area contributed by atoms with Crippen LogP contribution >= 0.6 is 0 Å². The SMILES string of the molecule is Cc1ccc(CN2[C@@H]3CCC[C@H]2CC(NC(=O)c2cccc(C)c2)C3)cc1. The fourth-order valence-corrected chi connectivity index (χ4v) is 4.81. The van der Waals surface area contributed by atoms with Crippen LogP contribution in [0.15, 0.2) is 48.5 Å². The van der Waals surface area contributed by atoms with E-state index in [0.29, 0.717) is 18.1 Å². The minimum Gasteiger partial charge on any atom is -0.349 e. The van der Waals surface area contributed by atoms with Gasteiger partial charge in [-0.2, -0.15) is 0 Å². The van der Waals surface area contributed by atoms with Crippen molar-refractivity contribution in [1.29, 1.82) is 0 Å². The molecule has 1 amide bonds. The first-order valence-electron chi connectivity index (χ1n) is 10.3. The van der Waals surface area contributed by atoms with Crippen molar-refractivity contribution in [3.63, 3.8) is 0 Å². The van der Waals surface area contributed by atoms with E-state index in [-0.39, 0.29) is 5.91 Å². The molecule has 142 valence electrons. The summed E-state index contributed by atoms with van der Waals surface area (Å²) in [5.74, 6) is 0.0776. The molecule has 2 bridgehead atoms. The van der Waals surface area contributed by atoms with Gasteiger partial charge in [-0.15, -0.1) is 0 Å². The Hall–Kier alpha value is -2.13. The molecule has 2 aliphatic heterocycles. The highest BCUT2D eigenvalue weighted by atomic mass is 16.1. The molecule has 2 heterocycles. The van der Waals surface area contributed by atoms with E-state index < -0.39 is 0 Å². The molecule has 2 aliphatic rings. The van der Waals surface area contributed by atoms with Gasteiger partial charge >= 0.3 is 0 Å². The van der Waals surface area contributed by atoms with Gasteiger partial charge in [-0.3, -0.25) is 9.69 Å². The van der Waals surface area contributed by atoms with Crippen molar-refractivity contribution < 1.29 is 4.79 Å². The third-order valence-electron chi connectivity index (χ3n) is 6.23. The highest BCUT2D eigenvalue weighted by Gasteiger charge is 2.38. The number of piperidine rings is 2. The summed E-state index contributed by atoms with van der Waals surface area (Å²) in [4.78, 5) is 15.4. The van der Waals surface area contributed by atoms with E-state index in [1.807, 2.05) is 31.2 Å². The first-order chi connectivity index (χ1) is 13.1. The Morgan fingerprint density at radius 1 is 1.00 bits per heavy atom. The number of carbonyl (C=O) groups excluding carboxylic acids is 1. The van der Waals surface area contributed by atoms with Gasteiger partial charge in [0, 0.05) is 30.2 Å². The maximum Gasteiger partial charge on any atom is 0.251 e. The number of nitrogens with zero attached hydrogens (tertiary/aromatic N) is 1. The van der Waals surface area contributed by atoms with Crippen molar-refractivity contribution >= 4 is 5.91 Å². The Labute approximate surface area is 162 Å². The van der Waals surface area contributed by atoms with Gasteiger partial charge in [-0.05, 0) is 57.2 Å². The van der Waals surface area contributed by atoms with Gasteiger partial charge in [0.15, 0.2) is 0 Å². The van der Waals surface area contributed by atoms with Gasteiger partial charge in [0.05, 0.1) is 0 Å². The van der Waals surface area contributed by atoms with E-state index in [0.717, 1.165) is 30.5 Å². The summed E-state index contributed by atoms with van der Waals surface area (Å²) >= 11 is 0. The number of nitrogens with one attached hydrogen (secondary N) is 1. The van der Waals surface area contributed by atoms with Crippen LogP contribution in [0.4, 0.5) is 0 Å². The second-order valence-electron chi connectivity index (χ2n) is 8.41. The Kier molecular flexibility index (Phi) is 5.31. The Morgan fingerprint density at radius 3 is 2.37 bits per heavy atom. The smallest absolute Gasteiger partial charge is 0.251 e. The second-order valence-corrected chi connectivity index (χ2v) is 8.41. The lowest BCUT2D eigenvalue weighted by molar-refractivity contribution is 0.0177. The molecule has 3 nitrogen and oxygen atoms in total. The van der Waals surface area contributed by atoms with E-state index in [9.17, 15) is 4.79 Å². The normalized spacial score (nSPS) is 25.2. The third kappa shape index (κ3) is 4.24. The number of fused-ring (bicyclic) bond motifs is 2. The summed E-state index contributed by atoms with van der Waals surface area (Å²) in [6.45, 7) is 5.21. The molecule has 3 heteroatoms. The third-order valence-corrected chi connectivity index (χ3v) is 6.23. The van der Waals surface area contributed by atoms with Crippen molar-refractivity contribution in [3.8, 4) is 0 Å². The molecular formula is C24H30N2O. The fourth-order valence-electron chi connectivity index (χ4n) is 4.81. The molecule has 2 aromatic carbocycles. The number of hydrogen-bond donors (Lipinski definition) is 1. The van der Waals surface area contributed by atoms with Gasteiger partial charge < -0.3 is 5.32 Å². The number of rotatable bonds is 4. The van der Waals surface area contributed by atoms with Crippen molar-refractivity contribution in [2.75, 3.05) is 0 Å². The Morgan fingerprint density at radius 2 is 1.70 bits per heavy atom. The van der Waals surface area contributed by atoms with Crippen molar-refractivity contribution in [1.82, 2.24) is 10.2 Å². The second kappa shape index (κ2) is 7.85. The number of benzene rings is 2. The molecule has 0 saturated carbocycles. The van der Waals surface area contributed by atoms with Crippen LogP contribution in [0.1, 0.15) is 59.2 Å². The van der Waals surface area contributed by atoms with Crippen molar-refractivity contribution in [2.24, 2.45) is 0 Å². The zero-order valence-electron chi connectivity index (χ0n) is 16.4. The average Bonchev–Trinajstić information content (AvgIpc) is 2.64. The summed E-state index contributed by atoms with van der Waals surface area (Å²) in [6.07, 6.45) is 5.95. The fraction of sp³-hybridized carbons (Fsp3) is 0.458. The van der Waals surface area contributed by atoms with E-state index in [2.05, 4.69) is 41.4 Å². The predicted molar refractivity (Wildman–Crippen MR) is 110 cm³/mol. The molecule has 3 atom stereocenters. The monoisotopic (exact) mass is 362 g/mol. The van der Waals surface area contributed by atoms with Crippen LogP contribution in [0.25, 0.3) is 0 Å². The number of aryl methyl sites for hydroxylation is 2. The average molecular weight is 363 g/mol. The Bertz CT molecular complexity index is 784. The summed E-state index contributed by atoms with van der Waals surface area (Å²) in [7, 11) is 0. The molecule has 2 fully saturated rings. The molecule has 2 aromatic rings. The van der Waals surface area contributed by atoms with E-state index >= 15 is 0 Å². The van der Waals surface area contributed by atoms with Crippen LogP contribution < -0.4 is 5.32 Å². The lowest BCUT2D eigenvalue weighted by atomic mass is 9.81. The predicted octanol–water partition coefficient (Wildman–Crippen LogP) is 4.62. The summed E-state index contributed by atoms with van der Waals surface area (Å²) in [6, 6.07) is 18.3. The van der Waals surface area contributed by atoms with Crippen LogP contribution in [0.3, 0.4) is 0 Å². The van der Waals surface area contributed by atoms with E-state index in [1.165, 1.54) is 30.4 Å². The van der Waals surface area contributed by atoms with E-state index in [1.54, 1.807) is 0 Å². The molecule has 27 heavy (non-hydrogen) atoms. The molecule has 1 N–H and O–H groups in total. The van der Waals surface area contributed by atoms with Crippen LogP contribution in [0.5, 0.6) is 0 Å². The standard InChI is InChI=1S/C24H30N2O/c1-17-9-11-19(12-10-17)16-26-22-7-4-8-23(26)15-21(14-22)25-24(27)20-6-3-5-18(2)13-20/h3,5-6,9-13,21-23H,4,7-8,14-16H2,1-2H3,(H,25,27)/t21?,22-,23+. The molecule has 0 spiro atoms. The van der Waals surface area contributed by atoms with Crippen LogP contribution in [-0.2, 0) is 6.54 Å². The molecule has 0 aromatic heterocycles. The largest absolute Gasteiger partial charge is 0.349 e. The topological polar surface area (TPSA) is 32.3 Å². The first-order valence-corrected chi connectivity index (χ1v) is 10.3. The van der Waals surface area contributed by atoms with Gasteiger partial charge in [0.2, 0.25) is 0 Å².